The monoisotopic (exact) mass is 202 g/mol. The van der Waals surface area contributed by atoms with E-state index in [0.717, 1.165) is 0 Å². The summed E-state index contributed by atoms with van der Waals surface area (Å²) in [6, 6.07) is 9.01. The molecule has 1 aliphatic carbocycles. The van der Waals surface area contributed by atoms with Crippen molar-refractivity contribution >= 4 is 0 Å². The molecule has 0 saturated carbocycles. The third-order valence-electron chi connectivity index (χ3n) is 3.59. The molecule has 0 spiro atoms. The lowest BCUT2D eigenvalue weighted by atomic mass is 9.81. The third kappa shape index (κ3) is 2.84. The fourth-order valence-corrected chi connectivity index (χ4v) is 2.67. The standard InChI is InChI=1S/C15H22/c1-15(2)11-7-3-4-8-13-9-5-6-10-14(13)12-15/h5-6,9-10H,3-4,7-8,11-12H2,1-2H3. The van der Waals surface area contributed by atoms with Crippen molar-refractivity contribution in [2.24, 2.45) is 5.41 Å². The number of fused-ring (bicyclic) bond motifs is 1. The maximum absolute atomic E-state index is 2.41. The van der Waals surface area contributed by atoms with E-state index < -0.39 is 0 Å². The molecule has 82 valence electrons. The minimum Gasteiger partial charge on any atom is -0.0620 e. The van der Waals surface area contributed by atoms with Gasteiger partial charge in [-0.25, -0.2) is 0 Å². The Balaban J connectivity index is 2.27. The van der Waals surface area contributed by atoms with Gasteiger partial charge in [0.25, 0.3) is 0 Å². The number of rotatable bonds is 0. The smallest absolute Gasteiger partial charge is 0.0225 e. The van der Waals surface area contributed by atoms with Crippen LogP contribution in [0.5, 0.6) is 0 Å². The van der Waals surface area contributed by atoms with E-state index in [1.807, 2.05) is 0 Å². The molecule has 0 atom stereocenters. The van der Waals surface area contributed by atoms with E-state index in [0.29, 0.717) is 5.41 Å². The Kier molecular flexibility index (Phi) is 3.14. The third-order valence-corrected chi connectivity index (χ3v) is 3.59. The molecule has 1 aromatic rings. The highest BCUT2D eigenvalue weighted by Crippen LogP contribution is 2.31. The lowest BCUT2D eigenvalue weighted by molar-refractivity contribution is 0.321. The van der Waals surface area contributed by atoms with Gasteiger partial charge in [-0.2, -0.15) is 0 Å². The summed E-state index contributed by atoms with van der Waals surface area (Å²) >= 11 is 0. The van der Waals surface area contributed by atoms with Gasteiger partial charge in [0.2, 0.25) is 0 Å². The number of aryl methyl sites for hydroxylation is 1. The molecule has 2 rings (SSSR count). The molecular formula is C15H22. The fourth-order valence-electron chi connectivity index (χ4n) is 2.67. The average Bonchev–Trinajstić information content (AvgIpc) is 2.25. The van der Waals surface area contributed by atoms with E-state index in [1.54, 1.807) is 11.1 Å². The van der Waals surface area contributed by atoms with Crippen LogP contribution >= 0.6 is 0 Å². The Morgan fingerprint density at radius 2 is 1.67 bits per heavy atom. The zero-order valence-electron chi connectivity index (χ0n) is 10.1. The Morgan fingerprint density at radius 3 is 2.47 bits per heavy atom. The van der Waals surface area contributed by atoms with Gasteiger partial charge in [-0.1, -0.05) is 51.0 Å². The number of hydrogen-bond donors (Lipinski definition) is 0. The van der Waals surface area contributed by atoms with Crippen LogP contribution in [0.3, 0.4) is 0 Å². The maximum atomic E-state index is 2.41. The molecule has 0 radical (unpaired) electrons. The highest BCUT2D eigenvalue weighted by molar-refractivity contribution is 5.28. The quantitative estimate of drug-likeness (QED) is 0.586. The van der Waals surface area contributed by atoms with Crippen LogP contribution in [-0.4, -0.2) is 0 Å². The minimum absolute atomic E-state index is 0.487. The molecule has 0 saturated heterocycles. The summed E-state index contributed by atoms with van der Waals surface area (Å²) in [5.41, 5.74) is 3.66. The normalized spacial score (nSPS) is 20.9. The fraction of sp³-hybridized carbons (Fsp3) is 0.600. The first-order valence-electron chi connectivity index (χ1n) is 6.24. The van der Waals surface area contributed by atoms with Crippen LogP contribution in [0.25, 0.3) is 0 Å². The summed E-state index contributed by atoms with van der Waals surface area (Å²) in [5, 5.41) is 0. The van der Waals surface area contributed by atoms with E-state index >= 15 is 0 Å². The molecule has 0 aromatic heterocycles. The van der Waals surface area contributed by atoms with Gasteiger partial charge in [0, 0.05) is 0 Å². The van der Waals surface area contributed by atoms with E-state index in [2.05, 4.69) is 38.1 Å². The molecule has 0 heterocycles. The van der Waals surface area contributed by atoms with Crippen LogP contribution in [-0.2, 0) is 12.8 Å². The molecule has 0 bridgehead atoms. The summed E-state index contributed by atoms with van der Waals surface area (Å²) in [4.78, 5) is 0. The Bertz CT molecular complexity index is 323. The van der Waals surface area contributed by atoms with Crippen molar-refractivity contribution < 1.29 is 0 Å². The zero-order chi connectivity index (χ0) is 10.7. The van der Waals surface area contributed by atoms with E-state index in [-0.39, 0.29) is 0 Å². The van der Waals surface area contributed by atoms with Gasteiger partial charge in [-0.3, -0.25) is 0 Å². The van der Waals surface area contributed by atoms with Gasteiger partial charge in [-0.05, 0) is 42.2 Å². The van der Waals surface area contributed by atoms with Gasteiger partial charge in [0.15, 0.2) is 0 Å². The van der Waals surface area contributed by atoms with Gasteiger partial charge >= 0.3 is 0 Å². The van der Waals surface area contributed by atoms with Gasteiger partial charge in [0.05, 0.1) is 0 Å². The second-order valence-electron chi connectivity index (χ2n) is 5.67. The molecule has 1 aromatic carbocycles. The molecule has 15 heavy (non-hydrogen) atoms. The van der Waals surface area contributed by atoms with E-state index in [4.69, 9.17) is 0 Å². The number of benzene rings is 1. The molecule has 0 amide bonds. The van der Waals surface area contributed by atoms with Crippen LogP contribution in [0.4, 0.5) is 0 Å². The van der Waals surface area contributed by atoms with Crippen molar-refractivity contribution in [2.75, 3.05) is 0 Å². The number of hydrogen-bond acceptors (Lipinski definition) is 0. The van der Waals surface area contributed by atoms with Crippen molar-refractivity contribution in [1.29, 1.82) is 0 Å². The van der Waals surface area contributed by atoms with Crippen LogP contribution < -0.4 is 0 Å². The second kappa shape index (κ2) is 4.38. The van der Waals surface area contributed by atoms with Crippen LogP contribution in [0.15, 0.2) is 24.3 Å². The minimum atomic E-state index is 0.487. The van der Waals surface area contributed by atoms with Gasteiger partial charge in [0.1, 0.15) is 0 Å². The van der Waals surface area contributed by atoms with Crippen molar-refractivity contribution in [1.82, 2.24) is 0 Å². The van der Waals surface area contributed by atoms with Crippen molar-refractivity contribution in [3.8, 4) is 0 Å². The van der Waals surface area contributed by atoms with Crippen molar-refractivity contribution in [2.45, 2.75) is 52.4 Å². The summed E-state index contributed by atoms with van der Waals surface area (Å²) in [6.45, 7) is 4.82. The lowest BCUT2D eigenvalue weighted by Gasteiger charge is -2.24. The van der Waals surface area contributed by atoms with Crippen molar-refractivity contribution in [3.05, 3.63) is 35.4 Å². The summed E-state index contributed by atoms with van der Waals surface area (Å²) in [5.74, 6) is 0. The molecular weight excluding hydrogens is 180 g/mol. The summed E-state index contributed by atoms with van der Waals surface area (Å²) < 4.78 is 0. The van der Waals surface area contributed by atoms with Crippen LogP contribution in [0, 0.1) is 5.41 Å². The lowest BCUT2D eigenvalue weighted by Crippen LogP contribution is -2.15. The molecule has 0 N–H and O–H groups in total. The molecule has 0 heteroatoms. The SMILES string of the molecule is CC1(C)CCCCCc2ccccc2C1. The summed E-state index contributed by atoms with van der Waals surface area (Å²) in [7, 11) is 0. The second-order valence-corrected chi connectivity index (χ2v) is 5.67. The van der Waals surface area contributed by atoms with Crippen LogP contribution in [0.1, 0.15) is 50.7 Å². The van der Waals surface area contributed by atoms with E-state index in [9.17, 15) is 0 Å². The molecule has 1 aliphatic rings. The van der Waals surface area contributed by atoms with Gasteiger partial charge < -0.3 is 0 Å². The average molecular weight is 202 g/mol. The van der Waals surface area contributed by atoms with Crippen molar-refractivity contribution in [3.63, 3.8) is 0 Å². The first-order chi connectivity index (χ1) is 7.17. The molecule has 0 nitrogen and oxygen atoms in total. The Morgan fingerprint density at radius 1 is 0.933 bits per heavy atom. The Labute approximate surface area is 93.7 Å². The first-order valence-corrected chi connectivity index (χ1v) is 6.24. The summed E-state index contributed by atoms with van der Waals surface area (Å²) in [6.07, 6.45) is 8.09. The van der Waals surface area contributed by atoms with Gasteiger partial charge in [-0.15, -0.1) is 0 Å². The molecule has 0 fully saturated rings. The predicted octanol–water partition coefficient (Wildman–Crippen LogP) is 4.37. The highest BCUT2D eigenvalue weighted by Gasteiger charge is 2.20. The van der Waals surface area contributed by atoms with Crippen LogP contribution in [0.2, 0.25) is 0 Å². The Hall–Kier alpha value is -0.780. The zero-order valence-corrected chi connectivity index (χ0v) is 10.1. The largest absolute Gasteiger partial charge is 0.0620 e. The molecule has 0 unspecified atom stereocenters. The van der Waals surface area contributed by atoms with E-state index in [1.165, 1.54) is 38.5 Å². The highest BCUT2D eigenvalue weighted by atomic mass is 14.3. The first kappa shape index (κ1) is 10.7. The predicted molar refractivity (Wildman–Crippen MR) is 66.1 cm³/mol. The topological polar surface area (TPSA) is 0 Å². The molecule has 0 aliphatic heterocycles. The maximum Gasteiger partial charge on any atom is -0.0225 e.